The molecule has 0 bridgehead atoms. The summed E-state index contributed by atoms with van der Waals surface area (Å²) in [4.78, 5) is 23.4. The molecule has 3 heteroatoms. The smallest absolute Gasteiger partial charge is 0.335 e. The van der Waals surface area contributed by atoms with Crippen LogP contribution in [0.3, 0.4) is 0 Å². The van der Waals surface area contributed by atoms with Gasteiger partial charge in [0.15, 0.2) is 5.78 Å². The predicted octanol–water partition coefficient (Wildman–Crippen LogP) is 3.40. The molecular formula is C17H14O3. The highest BCUT2D eigenvalue weighted by Crippen LogP contribution is 2.15. The summed E-state index contributed by atoms with van der Waals surface area (Å²) in [7, 11) is 0. The molecule has 0 spiro atoms. The van der Waals surface area contributed by atoms with Crippen LogP contribution < -0.4 is 4.74 Å². The summed E-state index contributed by atoms with van der Waals surface area (Å²) in [6.45, 7) is 1.74. The van der Waals surface area contributed by atoms with Gasteiger partial charge in [0, 0.05) is 17.2 Å². The fourth-order valence-corrected chi connectivity index (χ4v) is 1.72. The molecule has 20 heavy (non-hydrogen) atoms. The third-order valence-corrected chi connectivity index (χ3v) is 2.67. The van der Waals surface area contributed by atoms with Crippen LogP contribution in [0, 0.1) is 0 Å². The highest BCUT2D eigenvalue weighted by molar-refractivity contribution is 6.09. The molecule has 3 nitrogen and oxygen atoms in total. The van der Waals surface area contributed by atoms with E-state index < -0.39 is 5.97 Å². The van der Waals surface area contributed by atoms with Crippen LogP contribution in [0.15, 0.2) is 66.7 Å². The molecular weight excluding hydrogens is 252 g/mol. The fourth-order valence-electron chi connectivity index (χ4n) is 1.72. The van der Waals surface area contributed by atoms with E-state index >= 15 is 0 Å². The number of esters is 1. The molecule has 100 valence electrons. The molecule has 0 aliphatic heterocycles. The number of carbonyl (C=O) groups excluding carboxylic acids is 2. The van der Waals surface area contributed by atoms with Crippen molar-refractivity contribution in [2.45, 2.75) is 6.92 Å². The molecule has 0 aliphatic carbocycles. The summed E-state index contributed by atoms with van der Waals surface area (Å²) in [6, 6.07) is 15.5. The van der Waals surface area contributed by atoms with Crippen molar-refractivity contribution in [2.24, 2.45) is 0 Å². The molecule has 0 radical (unpaired) electrons. The first-order valence-corrected chi connectivity index (χ1v) is 6.25. The van der Waals surface area contributed by atoms with Crippen molar-refractivity contribution in [3.8, 4) is 5.75 Å². The van der Waals surface area contributed by atoms with Gasteiger partial charge < -0.3 is 4.74 Å². The van der Waals surface area contributed by atoms with Crippen LogP contribution in [0.25, 0.3) is 0 Å². The quantitative estimate of drug-likeness (QED) is 0.369. The molecule has 2 aromatic carbocycles. The maximum atomic E-state index is 12.2. The van der Waals surface area contributed by atoms with Gasteiger partial charge in [-0.15, -0.1) is 0 Å². The molecule has 0 saturated carbocycles. The maximum Gasteiger partial charge on any atom is 0.335 e. The second kappa shape index (κ2) is 6.48. The monoisotopic (exact) mass is 266 g/mol. The maximum absolute atomic E-state index is 12.2. The van der Waals surface area contributed by atoms with E-state index in [1.54, 1.807) is 49.4 Å². The SMILES string of the molecule is C/C=C/C(=O)Oc1ccc(C(=O)c2ccccc2)cc1. The van der Waals surface area contributed by atoms with Crippen molar-refractivity contribution >= 4 is 11.8 Å². The molecule has 0 aliphatic rings. The summed E-state index contributed by atoms with van der Waals surface area (Å²) in [5, 5.41) is 0. The Bertz CT molecular complexity index is 625. The van der Waals surface area contributed by atoms with Crippen molar-refractivity contribution in [3.63, 3.8) is 0 Å². The molecule has 0 amide bonds. The van der Waals surface area contributed by atoms with Crippen LogP contribution in [0.5, 0.6) is 5.75 Å². The van der Waals surface area contributed by atoms with Gasteiger partial charge in [0.1, 0.15) is 5.75 Å². The normalized spacial score (nSPS) is 10.4. The molecule has 2 aromatic rings. The van der Waals surface area contributed by atoms with Gasteiger partial charge in [-0.3, -0.25) is 4.79 Å². The first kappa shape index (κ1) is 13.7. The van der Waals surface area contributed by atoms with Crippen LogP contribution in [-0.4, -0.2) is 11.8 Å². The predicted molar refractivity (Wildman–Crippen MR) is 76.8 cm³/mol. The lowest BCUT2D eigenvalue weighted by Gasteiger charge is -2.04. The number of hydrogen-bond donors (Lipinski definition) is 0. The minimum Gasteiger partial charge on any atom is -0.423 e. The third-order valence-electron chi connectivity index (χ3n) is 2.67. The number of benzene rings is 2. The number of rotatable bonds is 4. The Balaban J connectivity index is 2.12. The summed E-state index contributed by atoms with van der Waals surface area (Å²) >= 11 is 0. The van der Waals surface area contributed by atoms with Crippen LogP contribution in [0.1, 0.15) is 22.8 Å². The Morgan fingerprint density at radius 2 is 1.50 bits per heavy atom. The van der Waals surface area contributed by atoms with Gasteiger partial charge in [0.05, 0.1) is 0 Å². The second-order valence-electron chi connectivity index (χ2n) is 4.14. The van der Waals surface area contributed by atoms with E-state index in [0.717, 1.165) is 0 Å². The first-order chi connectivity index (χ1) is 9.70. The zero-order chi connectivity index (χ0) is 14.4. The average Bonchev–Trinajstić information content (AvgIpc) is 2.48. The van der Waals surface area contributed by atoms with E-state index in [4.69, 9.17) is 4.74 Å². The summed E-state index contributed by atoms with van der Waals surface area (Å²) < 4.78 is 5.06. The molecule has 0 unspecified atom stereocenters. The zero-order valence-electron chi connectivity index (χ0n) is 11.1. The molecule has 0 N–H and O–H groups in total. The minimum absolute atomic E-state index is 0.0584. The largest absolute Gasteiger partial charge is 0.423 e. The van der Waals surface area contributed by atoms with Gasteiger partial charge in [-0.2, -0.15) is 0 Å². The van der Waals surface area contributed by atoms with Crippen molar-refractivity contribution < 1.29 is 14.3 Å². The number of carbonyl (C=O) groups is 2. The van der Waals surface area contributed by atoms with E-state index in [1.807, 2.05) is 18.2 Å². The van der Waals surface area contributed by atoms with Crippen LogP contribution in [0.4, 0.5) is 0 Å². The Morgan fingerprint density at radius 1 is 0.900 bits per heavy atom. The van der Waals surface area contributed by atoms with Crippen molar-refractivity contribution in [1.29, 1.82) is 0 Å². The first-order valence-electron chi connectivity index (χ1n) is 6.25. The highest BCUT2D eigenvalue weighted by atomic mass is 16.5. The average molecular weight is 266 g/mol. The molecule has 0 heterocycles. The summed E-state index contributed by atoms with van der Waals surface area (Å²) in [6.07, 6.45) is 2.94. The van der Waals surface area contributed by atoms with Gasteiger partial charge in [0.2, 0.25) is 0 Å². The van der Waals surface area contributed by atoms with Crippen LogP contribution in [0.2, 0.25) is 0 Å². The van der Waals surface area contributed by atoms with Gasteiger partial charge in [-0.1, -0.05) is 36.4 Å². The second-order valence-corrected chi connectivity index (χ2v) is 4.14. The lowest BCUT2D eigenvalue weighted by Crippen LogP contribution is -2.04. The lowest BCUT2D eigenvalue weighted by atomic mass is 10.0. The summed E-state index contributed by atoms with van der Waals surface area (Å²) in [5.74, 6) is -0.0794. The highest BCUT2D eigenvalue weighted by Gasteiger charge is 2.08. The van der Waals surface area contributed by atoms with Gasteiger partial charge in [-0.05, 0) is 31.2 Å². The van der Waals surface area contributed by atoms with E-state index in [1.165, 1.54) is 6.08 Å². The number of hydrogen-bond acceptors (Lipinski definition) is 3. The number of ketones is 1. The van der Waals surface area contributed by atoms with Crippen LogP contribution in [-0.2, 0) is 4.79 Å². The number of ether oxygens (including phenoxy) is 1. The minimum atomic E-state index is -0.436. The molecule has 0 saturated heterocycles. The Kier molecular flexibility index (Phi) is 4.45. The molecule has 0 fully saturated rings. The molecule has 0 atom stereocenters. The lowest BCUT2D eigenvalue weighted by molar-refractivity contribution is -0.129. The Morgan fingerprint density at radius 3 is 2.10 bits per heavy atom. The number of allylic oxidation sites excluding steroid dienone is 1. The van der Waals surface area contributed by atoms with Gasteiger partial charge in [0.25, 0.3) is 0 Å². The molecule has 0 aromatic heterocycles. The van der Waals surface area contributed by atoms with E-state index in [2.05, 4.69) is 0 Å². The van der Waals surface area contributed by atoms with Gasteiger partial charge >= 0.3 is 5.97 Å². The standard InChI is InChI=1S/C17H14O3/c1-2-6-16(18)20-15-11-9-14(10-12-15)17(19)13-7-4-3-5-8-13/h2-12H,1H3/b6-2+. The third kappa shape index (κ3) is 3.42. The van der Waals surface area contributed by atoms with Crippen molar-refractivity contribution in [3.05, 3.63) is 77.9 Å². The zero-order valence-corrected chi connectivity index (χ0v) is 11.1. The van der Waals surface area contributed by atoms with E-state index in [9.17, 15) is 9.59 Å². The van der Waals surface area contributed by atoms with Crippen LogP contribution >= 0.6 is 0 Å². The van der Waals surface area contributed by atoms with Crippen molar-refractivity contribution in [2.75, 3.05) is 0 Å². The van der Waals surface area contributed by atoms with Gasteiger partial charge in [-0.25, -0.2) is 4.79 Å². The van der Waals surface area contributed by atoms with E-state index in [-0.39, 0.29) is 5.78 Å². The Hall–Kier alpha value is -2.68. The van der Waals surface area contributed by atoms with Crippen molar-refractivity contribution in [1.82, 2.24) is 0 Å². The summed E-state index contributed by atoms with van der Waals surface area (Å²) in [5.41, 5.74) is 1.19. The van der Waals surface area contributed by atoms with E-state index in [0.29, 0.717) is 16.9 Å². The molecule has 2 rings (SSSR count). The Labute approximate surface area is 117 Å². The topological polar surface area (TPSA) is 43.4 Å². The fraction of sp³-hybridized carbons (Fsp3) is 0.0588.